The maximum absolute atomic E-state index is 13.7. The van der Waals surface area contributed by atoms with E-state index in [4.69, 9.17) is 21.1 Å². The second-order valence-electron chi connectivity index (χ2n) is 8.77. The number of imide groups is 1. The molecule has 1 aliphatic rings. The van der Waals surface area contributed by atoms with E-state index < -0.39 is 11.8 Å². The molecule has 0 fully saturated rings. The van der Waals surface area contributed by atoms with Crippen LogP contribution in [0.2, 0.25) is 5.02 Å². The summed E-state index contributed by atoms with van der Waals surface area (Å²) in [4.78, 5) is 42.1. The molecule has 0 aromatic heterocycles. The summed E-state index contributed by atoms with van der Waals surface area (Å²) < 4.78 is 10.4. The van der Waals surface area contributed by atoms with E-state index in [-0.39, 0.29) is 16.5 Å². The van der Waals surface area contributed by atoms with Crippen molar-refractivity contribution in [1.82, 2.24) is 0 Å². The number of hydrogen-bond donors (Lipinski definition) is 2. The minimum Gasteiger partial charge on any atom is -0.497 e. The molecule has 0 aliphatic carbocycles. The topological polar surface area (TPSA) is 97.0 Å². The summed E-state index contributed by atoms with van der Waals surface area (Å²) in [5, 5.41) is 6.30. The highest BCUT2D eigenvalue weighted by molar-refractivity contribution is 8.04. The molecule has 10 heteroatoms. The fourth-order valence-corrected chi connectivity index (χ4v) is 5.31. The van der Waals surface area contributed by atoms with E-state index in [1.165, 1.54) is 0 Å². The van der Waals surface area contributed by atoms with Crippen LogP contribution in [0.3, 0.4) is 0 Å². The Morgan fingerprint density at radius 1 is 0.780 bits per heavy atom. The summed E-state index contributed by atoms with van der Waals surface area (Å²) in [7, 11) is 3.11. The molecule has 41 heavy (non-hydrogen) atoms. The third-order valence-corrected chi connectivity index (χ3v) is 7.56. The lowest BCUT2D eigenvalue weighted by molar-refractivity contribution is -0.120. The van der Waals surface area contributed by atoms with Gasteiger partial charge in [0.15, 0.2) is 0 Å². The molecular weight excluding hydrogens is 562 g/mol. The summed E-state index contributed by atoms with van der Waals surface area (Å²) in [5.74, 6) is -0.0870. The van der Waals surface area contributed by atoms with Crippen LogP contribution in [0.5, 0.6) is 11.5 Å². The highest BCUT2D eigenvalue weighted by Gasteiger charge is 2.40. The molecule has 0 saturated carbocycles. The number of methoxy groups -OCH3 is 2. The Morgan fingerprint density at radius 3 is 2.10 bits per heavy atom. The average molecular weight is 586 g/mol. The second-order valence-corrected chi connectivity index (χ2v) is 10.3. The number of carbonyl (C=O) groups is 3. The molecule has 4 aromatic carbocycles. The van der Waals surface area contributed by atoms with Crippen LogP contribution in [-0.4, -0.2) is 31.9 Å². The van der Waals surface area contributed by atoms with Crippen LogP contribution in [0.4, 0.5) is 17.1 Å². The Hall–Kier alpha value is -4.73. The van der Waals surface area contributed by atoms with Gasteiger partial charge in [-0.25, -0.2) is 4.90 Å². The molecule has 0 spiro atoms. The van der Waals surface area contributed by atoms with E-state index in [0.717, 1.165) is 16.7 Å². The Balaban J connectivity index is 1.45. The van der Waals surface area contributed by atoms with Crippen LogP contribution in [0.25, 0.3) is 0 Å². The molecule has 0 saturated heterocycles. The van der Waals surface area contributed by atoms with Crippen LogP contribution in [-0.2, 0) is 9.59 Å². The van der Waals surface area contributed by atoms with Crippen molar-refractivity contribution < 1.29 is 23.9 Å². The summed E-state index contributed by atoms with van der Waals surface area (Å²) in [6, 6.07) is 27.4. The van der Waals surface area contributed by atoms with Gasteiger partial charge in [0.2, 0.25) is 0 Å². The normalized spacial score (nSPS) is 12.9. The Labute approximate surface area is 245 Å². The van der Waals surface area contributed by atoms with E-state index in [9.17, 15) is 14.4 Å². The molecule has 1 aliphatic heterocycles. The van der Waals surface area contributed by atoms with Crippen molar-refractivity contribution in [2.45, 2.75) is 4.90 Å². The number of halogens is 1. The van der Waals surface area contributed by atoms with Gasteiger partial charge in [0.05, 0.1) is 30.5 Å². The lowest BCUT2D eigenvalue weighted by Crippen LogP contribution is -2.32. The minimum absolute atomic E-state index is 0.131. The largest absolute Gasteiger partial charge is 0.497 e. The lowest BCUT2D eigenvalue weighted by Gasteiger charge is -2.15. The van der Waals surface area contributed by atoms with E-state index in [1.54, 1.807) is 111 Å². The third-order valence-electron chi connectivity index (χ3n) is 6.16. The van der Waals surface area contributed by atoms with Gasteiger partial charge >= 0.3 is 0 Å². The van der Waals surface area contributed by atoms with Crippen molar-refractivity contribution in [2.75, 3.05) is 29.8 Å². The van der Waals surface area contributed by atoms with Crippen molar-refractivity contribution >= 4 is 58.1 Å². The summed E-state index contributed by atoms with van der Waals surface area (Å²) in [6.07, 6.45) is 0. The van der Waals surface area contributed by atoms with Crippen LogP contribution >= 0.6 is 23.4 Å². The standard InChI is InChI=1S/C31H24ClN3O5S/c1-39-22-14-10-19(11-15-22)33-27-28(31(38)35(30(27)37)21-12-16-23(40-2)17-13-21)41-24-7-5-6-20(18-24)34-29(36)25-8-3-4-9-26(25)32/h3-18,33H,1-2H3,(H,34,36). The number of anilines is 3. The fourth-order valence-electron chi connectivity index (χ4n) is 4.10. The molecule has 206 valence electrons. The van der Waals surface area contributed by atoms with Crippen LogP contribution < -0.4 is 25.0 Å². The van der Waals surface area contributed by atoms with E-state index in [0.29, 0.717) is 44.0 Å². The lowest BCUT2D eigenvalue weighted by atomic mass is 10.2. The molecule has 0 radical (unpaired) electrons. The first-order valence-electron chi connectivity index (χ1n) is 12.4. The van der Waals surface area contributed by atoms with Gasteiger partial charge in [-0.15, -0.1) is 0 Å². The van der Waals surface area contributed by atoms with Gasteiger partial charge in [-0.3, -0.25) is 14.4 Å². The average Bonchev–Trinajstić information content (AvgIpc) is 3.21. The molecule has 2 N–H and O–H groups in total. The van der Waals surface area contributed by atoms with Gasteiger partial charge in [0.1, 0.15) is 22.1 Å². The fraction of sp³-hybridized carbons (Fsp3) is 0.0645. The van der Waals surface area contributed by atoms with E-state index >= 15 is 0 Å². The molecule has 1 heterocycles. The van der Waals surface area contributed by atoms with Crippen molar-refractivity contribution in [3.63, 3.8) is 0 Å². The second kappa shape index (κ2) is 12.2. The number of nitrogens with zero attached hydrogens (tertiary/aromatic N) is 1. The van der Waals surface area contributed by atoms with E-state index in [2.05, 4.69) is 10.6 Å². The zero-order valence-corrected chi connectivity index (χ0v) is 23.6. The monoisotopic (exact) mass is 585 g/mol. The number of thioether (sulfide) groups is 1. The number of nitrogens with one attached hydrogen (secondary N) is 2. The first-order valence-corrected chi connectivity index (χ1v) is 13.6. The molecule has 8 nitrogen and oxygen atoms in total. The number of benzene rings is 4. The quantitative estimate of drug-likeness (QED) is 0.214. The zero-order valence-electron chi connectivity index (χ0n) is 22.0. The van der Waals surface area contributed by atoms with Gasteiger partial charge in [-0.2, -0.15) is 0 Å². The minimum atomic E-state index is -0.498. The molecule has 3 amide bonds. The molecule has 0 bridgehead atoms. The predicted octanol–water partition coefficient (Wildman–Crippen LogP) is 6.60. The van der Waals surface area contributed by atoms with Gasteiger partial charge in [-0.1, -0.05) is 41.6 Å². The van der Waals surface area contributed by atoms with Crippen LogP contribution in [0.1, 0.15) is 10.4 Å². The SMILES string of the molecule is COc1ccc(NC2=C(Sc3cccc(NC(=O)c4ccccc4Cl)c3)C(=O)N(c3ccc(OC)cc3)C2=O)cc1. The Kier molecular flexibility index (Phi) is 8.28. The number of carbonyl (C=O) groups excluding carboxylic acids is 3. The van der Waals surface area contributed by atoms with Gasteiger partial charge in [-0.05, 0) is 78.9 Å². The van der Waals surface area contributed by atoms with Crippen molar-refractivity contribution in [1.29, 1.82) is 0 Å². The summed E-state index contributed by atoms with van der Waals surface area (Å²) >= 11 is 7.30. The number of hydrogen-bond acceptors (Lipinski definition) is 7. The van der Waals surface area contributed by atoms with Crippen LogP contribution in [0, 0.1) is 0 Å². The Bertz CT molecular complexity index is 1660. The van der Waals surface area contributed by atoms with E-state index in [1.807, 2.05) is 0 Å². The first-order chi connectivity index (χ1) is 19.9. The molecule has 4 aromatic rings. The smallest absolute Gasteiger partial charge is 0.283 e. The molecule has 0 atom stereocenters. The highest BCUT2D eigenvalue weighted by Crippen LogP contribution is 2.39. The maximum atomic E-state index is 13.7. The summed E-state index contributed by atoms with van der Waals surface area (Å²) in [6.45, 7) is 0. The molecule has 5 rings (SSSR count). The maximum Gasteiger partial charge on any atom is 0.283 e. The number of rotatable bonds is 9. The first kappa shape index (κ1) is 27.8. The summed E-state index contributed by atoms with van der Waals surface area (Å²) in [5.41, 5.74) is 2.00. The Morgan fingerprint density at radius 2 is 1.44 bits per heavy atom. The molecular formula is C31H24ClN3O5S. The number of ether oxygens (including phenoxy) is 2. The number of amides is 3. The third kappa shape index (κ3) is 6.06. The van der Waals surface area contributed by atoms with Crippen molar-refractivity contribution in [2.24, 2.45) is 0 Å². The van der Waals surface area contributed by atoms with Gasteiger partial charge in [0, 0.05) is 16.3 Å². The zero-order chi connectivity index (χ0) is 28.9. The highest BCUT2D eigenvalue weighted by atomic mass is 35.5. The van der Waals surface area contributed by atoms with Crippen molar-refractivity contribution in [3.8, 4) is 11.5 Å². The van der Waals surface area contributed by atoms with Crippen LogP contribution in [0.15, 0.2) is 113 Å². The van der Waals surface area contributed by atoms with Gasteiger partial charge < -0.3 is 20.1 Å². The van der Waals surface area contributed by atoms with Gasteiger partial charge in [0.25, 0.3) is 17.7 Å². The van der Waals surface area contributed by atoms with Crippen molar-refractivity contribution in [3.05, 3.63) is 118 Å². The molecule has 0 unspecified atom stereocenters. The predicted molar refractivity (Wildman–Crippen MR) is 161 cm³/mol.